The van der Waals surface area contributed by atoms with Crippen molar-refractivity contribution in [1.82, 2.24) is 0 Å². The number of hydrogen-bond donors (Lipinski definition) is 2. The lowest BCUT2D eigenvalue weighted by molar-refractivity contribution is 0.102. The van der Waals surface area contributed by atoms with Crippen LogP contribution >= 0.6 is 0 Å². The Morgan fingerprint density at radius 2 is 1.43 bits per heavy atom. The number of hydrogen-bond acceptors (Lipinski definition) is 4. The monoisotopic (exact) mass is 488 g/mol. The summed E-state index contributed by atoms with van der Waals surface area (Å²) in [6.07, 6.45) is 0. The lowest BCUT2D eigenvalue weighted by atomic mass is 9.99. The molecule has 0 heterocycles. The molecular weight excluding hydrogens is 467 g/mol. The summed E-state index contributed by atoms with van der Waals surface area (Å²) < 4.78 is 40.4. The Hall–Kier alpha value is -4.30. The van der Waals surface area contributed by atoms with Gasteiger partial charge in [0, 0.05) is 22.4 Å². The molecule has 0 aromatic heterocycles. The first-order chi connectivity index (χ1) is 16.7. The van der Waals surface area contributed by atoms with Gasteiger partial charge in [-0.05, 0) is 67.6 Å². The molecule has 0 aliphatic rings. The molecule has 4 rings (SSSR count). The fourth-order valence-electron chi connectivity index (χ4n) is 3.41. The van der Waals surface area contributed by atoms with E-state index in [0.717, 1.165) is 29.8 Å². The molecule has 0 spiro atoms. The molecule has 0 unspecified atom stereocenters. The standard InChI is InChI=1S/C27H21FN2O4S/c1-18-7-16-25(24(17-18)26(31)19-5-3-2-4-6-19)29-27(32)20-8-12-22(13-9-20)30-35(33,34)23-14-10-21(28)11-15-23/h2-17,30H,1H3,(H,29,32). The topological polar surface area (TPSA) is 92.3 Å². The van der Waals surface area contributed by atoms with Crippen LogP contribution in [-0.2, 0) is 10.0 Å². The van der Waals surface area contributed by atoms with Crippen LogP contribution in [0.2, 0.25) is 0 Å². The second-order valence-electron chi connectivity index (χ2n) is 7.84. The van der Waals surface area contributed by atoms with Crippen molar-refractivity contribution in [2.75, 3.05) is 10.0 Å². The van der Waals surface area contributed by atoms with E-state index in [9.17, 15) is 22.4 Å². The average molecular weight is 489 g/mol. The normalized spacial score (nSPS) is 11.0. The maximum atomic E-state index is 13.1. The highest BCUT2D eigenvalue weighted by molar-refractivity contribution is 7.92. The molecule has 35 heavy (non-hydrogen) atoms. The Balaban J connectivity index is 1.51. The zero-order valence-electron chi connectivity index (χ0n) is 18.7. The van der Waals surface area contributed by atoms with E-state index >= 15 is 0 Å². The van der Waals surface area contributed by atoms with Crippen molar-refractivity contribution < 1.29 is 22.4 Å². The minimum Gasteiger partial charge on any atom is -0.321 e. The van der Waals surface area contributed by atoms with E-state index < -0.39 is 21.7 Å². The summed E-state index contributed by atoms with van der Waals surface area (Å²) >= 11 is 0. The molecule has 0 atom stereocenters. The molecule has 0 fully saturated rings. The van der Waals surface area contributed by atoms with Gasteiger partial charge in [-0.25, -0.2) is 12.8 Å². The minimum atomic E-state index is -3.91. The average Bonchev–Trinajstić information content (AvgIpc) is 2.85. The quantitative estimate of drug-likeness (QED) is 0.340. The number of benzene rings is 4. The molecule has 0 aliphatic carbocycles. The predicted molar refractivity (Wildman–Crippen MR) is 133 cm³/mol. The summed E-state index contributed by atoms with van der Waals surface area (Å²) in [5, 5.41) is 2.77. The van der Waals surface area contributed by atoms with Crippen LogP contribution in [0.1, 0.15) is 31.8 Å². The van der Waals surface area contributed by atoms with Gasteiger partial charge in [0.25, 0.3) is 15.9 Å². The molecule has 2 N–H and O–H groups in total. The number of sulfonamides is 1. The SMILES string of the molecule is Cc1ccc(NC(=O)c2ccc(NS(=O)(=O)c3ccc(F)cc3)cc2)c(C(=O)c2ccccc2)c1. The Kier molecular flexibility index (Phi) is 6.75. The summed E-state index contributed by atoms with van der Waals surface area (Å²) in [5.74, 6) is -1.21. The largest absolute Gasteiger partial charge is 0.321 e. The van der Waals surface area contributed by atoms with Crippen molar-refractivity contribution in [1.29, 1.82) is 0 Å². The number of carbonyl (C=O) groups excluding carboxylic acids is 2. The Bertz CT molecular complexity index is 1480. The van der Waals surface area contributed by atoms with E-state index in [-0.39, 0.29) is 21.9 Å². The third kappa shape index (κ3) is 5.62. The zero-order valence-corrected chi connectivity index (χ0v) is 19.5. The number of carbonyl (C=O) groups is 2. The molecule has 176 valence electrons. The maximum Gasteiger partial charge on any atom is 0.261 e. The summed E-state index contributed by atoms with van der Waals surface area (Å²) in [4.78, 5) is 25.8. The summed E-state index contributed by atoms with van der Waals surface area (Å²) in [6.45, 7) is 1.86. The first-order valence-corrected chi connectivity index (χ1v) is 12.1. The van der Waals surface area contributed by atoms with Crippen molar-refractivity contribution >= 4 is 33.1 Å². The molecule has 4 aromatic rings. The molecule has 0 radical (unpaired) electrons. The van der Waals surface area contributed by atoms with Crippen LogP contribution in [0.4, 0.5) is 15.8 Å². The van der Waals surface area contributed by atoms with Gasteiger partial charge in [-0.1, -0.05) is 42.0 Å². The van der Waals surface area contributed by atoms with Crippen molar-refractivity contribution in [2.24, 2.45) is 0 Å². The van der Waals surface area contributed by atoms with Crippen LogP contribution in [-0.4, -0.2) is 20.1 Å². The molecule has 4 aromatic carbocycles. The van der Waals surface area contributed by atoms with Crippen molar-refractivity contribution in [2.45, 2.75) is 11.8 Å². The van der Waals surface area contributed by atoms with E-state index in [2.05, 4.69) is 10.0 Å². The minimum absolute atomic E-state index is 0.0873. The highest BCUT2D eigenvalue weighted by Crippen LogP contribution is 2.23. The van der Waals surface area contributed by atoms with Gasteiger partial charge in [-0.3, -0.25) is 14.3 Å². The van der Waals surface area contributed by atoms with Crippen LogP contribution in [0.5, 0.6) is 0 Å². The number of anilines is 2. The molecule has 6 nitrogen and oxygen atoms in total. The summed E-state index contributed by atoms with van der Waals surface area (Å²) in [6, 6.07) is 24.2. The molecule has 0 bridgehead atoms. The molecule has 1 amide bonds. The summed E-state index contributed by atoms with van der Waals surface area (Å²) in [5.41, 5.74) is 2.63. The third-order valence-corrected chi connectivity index (χ3v) is 6.62. The van der Waals surface area contributed by atoms with E-state index in [1.54, 1.807) is 42.5 Å². The van der Waals surface area contributed by atoms with Gasteiger partial charge < -0.3 is 5.32 Å². The third-order valence-electron chi connectivity index (χ3n) is 5.23. The van der Waals surface area contributed by atoms with E-state index in [0.29, 0.717) is 16.8 Å². The Morgan fingerprint density at radius 3 is 2.09 bits per heavy atom. The van der Waals surface area contributed by atoms with Crippen molar-refractivity contribution in [3.8, 4) is 0 Å². The van der Waals surface area contributed by atoms with Crippen LogP contribution in [0, 0.1) is 12.7 Å². The lowest BCUT2D eigenvalue weighted by Gasteiger charge is -2.12. The fourth-order valence-corrected chi connectivity index (χ4v) is 4.47. The van der Waals surface area contributed by atoms with Gasteiger partial charge in [0.05, 0.1) is 10.6 Å². The Morgan fingerprint density at radius 1 is 0.771 bits per heavy atom. The van der Waals surface area contributed by atoms with E-state index in [4.69, 9.17) is 0 Å². The molecular formula is C27H21FN2O4S. The van der Waals surface area contributed by atoms with Crippen LogP contribution in [0.15, 0.2) is 102 Å². The van der Waals surface area contributed by atoms with Crippen LogP contribution in [0.3, 0.4) is 0 Å². The maximum absolute atomic E-state index is 13.1. The number of rotatable bonds is 7. The smallest absolute Gasteiger partial charge is 0.261 e. The lowest BCUT2D eigenvalue weighted by Crippen LogP contribution is -2.16. The van der Waals surface area contributed by atoms with Crippen LogP contribution in [0.25, 0.3) is 0 Å². The predicted octanol–water partition coefficient (Wildman–Crippen LogP) is 5.42. The van der Waals surface area contributed by atoms with Gasteiger partial charge in [0.1, 0.15) is 5.82 Å². The van der Waals surface area contributed by atoms with Gasteiger partial charge in [-0.15, -0.1) is 0 Å². The number of nitrogens with one attached hydrogen (secondary N) is 2. The van der Waals surface area contributed by atoms with E-state index in [1.165, 1.54) is 24.3 Å². The highest BCUT2D eigenvalue weighted by atomic mass is 32.2. The zero-order chi connectivity index (χ0) is 25.0. The van der Waals surface area contributed by atoms with Crippen LogP contribution < -0.4 is 10.0 Å². The van der Waals surface area contributed by atoms with Crippen molar-refractivity contribution in [3.05, 3.63) is 125 Å². The molecule has 0 aliphatic heterocycles. The highest BCUT2D eigenvalue weighted by Gasteiger charge is 2.17. The van der Waals surface area contributed by atoms with Gasteiger partial charge in [0.2, 0.25) is 0 Å². The summed E-state index contributed by atoms with van der Waals surface area (Å²) in [7, 11) is -3.91. The fraction of sp³-hybridized carbons (Fsp3) is 0.0370. The number of aryl methyl sites for hydroxylation is 1. The molecule has 8 heteroatoms. The first kappa shape index (κ1) is 23.8. The van der Waals surface area contributed by atoms with Gasteiger partial charge >= 0.3 is 0 Å². The number of amides is 1. The molecule has 0 saturated heterocycles. The second kappa shape index (κ2) is 9.90. The van der Waals surface area contributed by atoms with Crippen molar-refractivity contribution in [3.63, 3.8) is 0 Å². The number of ketones is 1. The van der Waals surface area contributed by atoms with Gasteiger partial charge in [-0.2, -0.15) is 0 Å². The number of halogens is 1. The van der Waals surface area contributed by atoms with E-state index in [1.807, 2.05) is 13.0 Å². The second-order valence-corrected chi connectivity index (χ2v) is 9.52. The van der Waals surface area contributed by atoms with Gasteiger partial charge in [0.15, 0.2) is 5.78 Å². The molecule has 0 saturated carbocycles. The Labute approximate surface area is 202 Å². The first-order valence-electron chi connectivity index (χ1n) is 10.6.